The summed E-state index contributed by atoms with van der Waals surface area (Å²) in [6.45, 7) is 3.75. The number of rotatable bonds is 8. The zero-order chi connectivity index (χ0) is 20.1. The summed E-state index contributed by atoms with van der Waals surface area (Å²) < 4.78 is 10.8. The quantitative estimate of drug-likeness (QED) is 0.687. The molecular weight excluding hydrogens is 356 g/mol. The number of hydrogen-bond acceptors (Lipinski definition) is 4. The first-order valence-corrected chi connectivity index (χ1v) is 9.14. The smallest absolute Gasteiger partial charge is 0.255 e. The molecule has 0 atom stereocenters. The van der Waals surface area contributed by atoms with E-state index in [-0.39, 0.29) is 17.9 Å². The average molecular weight is 380 g/mol. The van der Waals surface area contributed by atoms with Crippen molar-refractivity contribution in [2.24, 2.45) is 0 Å². The average Bonchev–Trinajstić information content (AvgIpc) is 3.51. The van der Waals surface area contributed by atoms with Crippen LogP contribution in [0, 0.1) is 0 Å². The molecule has 2 N–H and O–H groups in total. The lowest BCUT2D eigenvalue weighted by atomic mass is 10.0. The van der Waals surface area contributed by atoms with Gasteiger partial charge < -0.3 is 20.1 Å². The van der Waals surface area contributed by atoms with E-state index in [0.29, 0.717) is 34.7 Å². The second kappa shape index (κ2) is 8.61. The predicted molar refractivity (Wildman–Crippen MR) is 108 cm³/mol. The van der Waals surface area contributed by atoms with Crippen LogP contribution in [0.4, 0.5) is 5.69 Å². The van der Waals surface area contributed by atoms with Crippen molar-refractivity contribution < 1.29 is 19.1 Å². The van der Waals surface area contributed by atoms with Crippen LogP contribution in [0.15, 0.2) is 49.1 Å². The Balaban J connectivity index is 1.88. The molecule has 0 radical (unpaired) electrons. The normalized spacial score (nSPS) is 12.8. The Morgan fingerprint density at radius 1 is 1.14 bits per heavy atom. The highest BCUT2D eigenvalue weighted by Crippen LogP contribution is 2.33. The van der Waals surface area contributed by atoms with E-state index < -0.39 is 0 Å². The monoisotopic (exact) mass is 380 g/mol. The number of carbonyl (C=O) groups is 2. The van der Waals surface area contributed by atoms with E-state index in [1.165, 1.54) is 7.11 Å². The molecule has 0 heterocycles. The van der Waals surface area contributed by atoms with Crippen LogP contribution >= 0.6 is 0 Å². The van der Waals surface area contributed by atoms with Gasteiger partial charge >= 0.3 is 0 Å². The van der Waals surface area contributed by atoms with Crippen molar-refractivity contribution in [3.05, 3.63) is 65.7 Å². The van der Waals surface area contributed by atoms with Crippen LogP contribution in [0.5, 0.6) is 11.5 Å². The van der Waals surface area contributed by atoms with Gasteiger partial charge in [-0.25, -0.2) is 0 Å². The van der Waals surface area contributed by atoms with E-state index >= 15 is 0 Å². The Morgan fingerprint density at radius 3 is 2.54 bits per heavy atom. The van der Waals surface area contributed by atoms with Gasteiger partial charge in [-0.05, 0) is 43.5 Å². The number of nitrogens with one attached hydrogen (secondary N) is 2. The summed E-state index contributed by atoms with van der Waals surface area (Å²) in [5.74, 6) is 0.519. The third kappa shape index (κ3) is 4.34. The predicted octanol–water partition coefficient (Wildman–Crippen LogP) is 3.58. The number of allylic oxidation sites excluding steroid dienone is 1. The fourth-order valence-electron chi connectivity index (χ4n) is 2.96. The Labute approximate surface area is 164 Å². The summed E-state index contributed by atoms with van der Waals surface area (Å²) >= 11 is 0. The molecular formula is C22H24N2O4. The summed E-state index contributed by atoms with van der Waals surface area (Å²) in [5, 5.41) is 5.78. The van der Waals surface area contributed by atoms with Crippen molar-refractivity contribution in [1.82, 2.24) is 5.32 Å². The van der Waals surface area contributed by atoms with Crippen molar-refractivity contribution in [1.29, 1.82) is 0 Å². The van der Waals surface area contributed by atoms with Crippen molar-refractivity contribution in [2.75, 3.05) is 19.5 Å². The molecule has 0 aromatic heterocycles. The molecule has 146 valence electrons. The maximum atomic E-state index is 12.9. The van der Waals surface area contributed by atoms with Gasteiger partial charge in [0.1, 0.15) is 0 Å². The fourth-order valence-corrected chi connectivity index (χ4v) is 2.96. The van der Waals surface area contributed by atoms with Crippen molar-refractivity contribution in [3.63, 3.8) is 0 Å². The van der Waals surface area contributed by atoms with Gasteiger partial charge in [0.25, 0.3) is 11.8 Å². The Hall–Kier alpha value is -3.28. The first kappa shape index (κ1) is 19.5. The van der Waals surface area contributed by atoms with E-state index in [9.17, 15) is 9.59 Å². The minimum Gasteiger partial charge on any atom is -0.493 e. The highest BCUT2D eigenvalue weighted by molar-refractivity contribution is 6.09. The Bertz CT molecular complexity index is 903. The van der Waals surface area contributed by atoms with Gasteiger partial charge in [0.2, 0.25) is 0 Å². The van der Waals surface area contributed by atoms with Gasteiger partial charge in [0.15, 0.2) is 11.5 Å². The van der Waals surface area contributed by atoms with E-state index in [1.807, 2.05) is 0 Å². The van der Waals surface area contributed by atoms with E-state index in [4.69, 9.17) is 9.47 Å². The highest BCUT2D eigenvalue weighted by Gasteiger charge is 2.25. The maximum Gasteiger partial charge on any atom is 0.255 e. The molecule has 2 amide bonds. The van der Waals surface area contributed by atoms with Crippen LogP contribution in [-0.4, -0.2) is 32.1 Å². The van der Waals surface area contributed by atoms with Gasteiger partial charge in [-0.15, -0.1) is 6.58 Å². The summed E-state index contributed by atoms with van der Waals surface area (Å²) in [4.78, 5) is 25.3. The molecule has 0 aliphatic heterocycles. The minimum absolute atomic E-state index is 0.182. The Kier molecular flexibility index (Phi) is 5.99. The second-order valence-corrected chi connectivity index (χ2v) is 6.61. The van der Waals surface area contributed by atoms with E-state index in [2.05, 4.69) is 17.2 Å². The number of ether oxygens (including phenoxy) is 2. The molecule has 0 saturated heterocycles. The largest absolute Gasteiger partial charge is 0.493 e. The van der Waals surface area contributed by atoms with Crippen LogP contribution in [0.1, 0.15) is 39.1 Å². The number of methoxy groups -OCH3 is 2. The molecule has 6 nitrogen and oxygen atoms in total. The first-order chi connectivity index (χ1) is 13.6. The fraction of sp³-hybridized carbons (Fsp3) is 0.273. The standard InChI is InChI=1S/C22H24N2O4/c1-4-7-14-12-15(13-19(27-2)20(14)28-3)21(25)24-18-9-6-5-8-17(18)22(26)23-16-10-11-16/h4-6,8-9,12-13,16H,1,7,10-11H2,2-3H3,(H,23,26)(H,24,25). The first-order valence-electron chi connectivity index (χ1n) is 9.14. The van der Waals surface area contributed by atoms with Gasteiger partial charge in [-0.2, -0.15) is 0 Å². The molecule has 28 heavy (non-hydrogen) atoms. The number of amides is 2. The van der Waals surface area contributed by atoms with Crippen molar-refractivity contribution >= 4 is 17.5 Å². The van der Waals surface area contributed by atoms with Gasteiger partial charge in [-0.3, -0.25) is 9.59 Å². The van der Waals surface area contributed by atoms with Crippen LogP contribution in [0.3, 0.4) is 0 Å². The van der Waals surface area contributed by atoms with Gasteiger partial charge in [0.05, 0.1) is 25.5 Å². The lowest BCUT2D eigenvalue weighted by Crippen LogP contribution is -2.27. The van der Waals surface area contributed by atoms with Gasteiger partial charge in [0, 0.05) is 17.2 Å². The van der Waals surface area contributed by atoms with Gasteiger partial charge in [-0.1, -0.05) is 18.2 Å². The number of hydrogen-bond donors (Lipinski definition) is 2. The summed E-state index contributed by atoms with van der Waals surface area (Å²) in [6.07, 6.45) is 4.26. The van der Waals surface area contributed by atoms with Crippen LogP contribution in [0.25, 0.3) is 0 Å². The number of para-hydroxylation sites is 1. The lowest BCUT2D eigenvalue weighted by Gasteiger charge is -2.15. The zero-order valence-electron chi connectivity index (χ0n) is 16.1. The van der Waals surface area contributed by atoms with Crippen molar-refractivity contribution in [2.45, 2.75) is 25.3 Å². The molecule has 0 unspecified atom stereocenters. The minimum atomic E-state index is -0.335. The topological polar surface area (TPSA) is 76.7 Å². The molecule has 6 heteroatoms. The molecule has 0 bridgehead atoms. The van der Waals surface area contributed by atoms with Crippen molar-refractivity contribution in [3.8, 4) is 11.5 Å². The molecule has 1 fully saturated rings. The van der Waals surface area contributed by atoms with E-state index in [0.717, 1.165) is 18.4 Å². The third-order valence-corrected chi connectivity index (χ3v) is 4.51. The molecule has 1 aliphatic carbocycles. The molecule has 0 spiro atoms. The second-order valence-electron chi connectivity index (χ2n) is 6.61. The molecule has 1 saturated carbocycles. The van der Waals surface area contributed by atoms with E-state index in [1.54, 1.807) is 49.6 Å². The molecule has 2 aromatic rings. The SMILES string of the molecule is C=CCc1cc(C(=O)Nc2ccccc2C(=O)NC2CC2)cc(OC)c1OC. The van der Waals surface area contributed by atoms with Crippen LogP contribution in [-0.2, 0) is 6.42 Å². The molecule has 1 aliphatic rings. The number of benzene rings is 2. The summed E-state index contributed by atoms with van der Waals surface area (Å²) in [7, 11) is 3.08. The lowest BCUT2D eigenvalue weighted by molar-refractivity contribution is 0.0952. The molecule has 2 aromatic carbocycles. The van der Waals surface area contributed by atoms with Crippen LogP contribution in [0.2, 0.25) is 0 Å². The number of carbonyl (C=O) groups excluding carboxylic acids is 2. The Morgan fingerprint density at radius 2 is 1.89 bits per heavy atom. The summed E-state index contributed by atoms with van der Waals surface area (Å²) in [6, 6.07) is 10.6. The highest BCUT2D eigenvalue weighted by atomic mass is 16.5. The number of anilines is 1. The summed E-state index contributed by atoms with van der Waals surface area (Å²) in [5.41, 5.74) is 2.11. The zero-order valence-corrected chi connectivity index (χ0v) is 16.1. The maximum absolute atomic E-state index is 12.9. The molecule has 3 rings (SSSR count). The third-order valence-electron chi connectivity index (χ3n) is 4.51. The van der Waals surface area contributed by atoms with Crippen LogP contribution < -0.4 is 20.1 Å².